The summed E-state index contributed by atoms with van der Waals surface area (Å²) in [5.41, 5.74) is 0.851. The number of carbonyl (C=O) groups excluding carboxylic acids is 2. The fraction of sp³-hybridized carbons (Fsp3) is 0.130. The molecule has 2 aliphatic rings. The van der Waals surface area contributed by atoms with Crippen LogP contribution in [0.15, 0.2) is 72.8 Å². The van der Waals surface area contributed by atoms with Gasteiger partial charge in [-0.25, -0.2) is 9.96 Å². The van der Waals surface area contributed by atoms with E-state index in [-0.39, 0.29) is 17.0 Å². The Morgan fingerprint density at radius 3 is 2.27 bits per heavy atom. The molecule has 3 unspecified atom stereocenters. The third-order valence-electron chi connectivity index (χ3n) is 5.75. The van der Waals surface area contributed by atoms with Gasteiger partial charge in [0.2, 0.25) is 5.91 Å². The average Bonchev–Trinajstić information content (AvgIpc) is 3.31. The van der Waals surface area contributed by atoms with Crippen molar-refractivity contribution in [1.82, 2.24) is 0 Å². The maximum Gasteiger partial charge on any atom is 0.273 e. The summed E-state index contributed by atoms with van der Waals surface area (Å²) >= 11 is 5.93. The van der Waals surface area contributed by atoms with Gasteiger partial charge in [0, 0.05) is 16.7 Å². The largest absolute Gasteiger partial charge is 0.507 e. The quantitative estimate of drug-likeness (QED) is 0.352. The van der Waals surface area contributed by atoms with Gasteiger partial charge in [-0.1, -0.05) is 29.8 Å². The first-order valence-electron chi connectivity index (χ1n) is 9.98. The number of nitro groups is 1. The molecule has 0 spiro atoms. The first kappa shape index (κ1) is 20.9. The third kappa shape index (κ3) is 3.38. The summed E-state index contributed by atoms with van der Waals surface area (Å²) in [6, 6.07) is 17.8. The molecule has 33 heavy (non-hydrogen) atoms. The standard InChI is InChI=1S/C23H16ClN3O6/c24-13-6-8-14(9-7-13)25-22(29)19-20(17-11-10-16(27(31)32)12-18(17)28)26(33-21(19)23(25)30)15-4-2-1-3-5-15/h1-12,19-21,28H. The van der Waals surface area contributed by atoms with E-state index in [2.05, 4.69) is 0 Å². The number of fused-ring (bicyclic) bond motifs is 1. The van der Waals surface area contributed by atoms with Crippen molar-refractivity contribution in [2.45, 2.75) is 12.1 Å². The van der Waals surface area contributed by atoms with E-state index in [4.69, 9.17) is 16.4 Å². The molecule has 0 aromatic heterocycles. The van der Waals surface area contributed by atoms with Gasteiger partial charge in [-0.05, 0) is 42.5 Å². The molecule has 3 atom stereocenters. The molecule has 3 aromatic rings. The smallest absolute Gasteiger partial charge is 0.273 e. The highest BCUT2D eigenvalue weighted by Crippen LogP contribution is 2.49. The number of nitrogens with zero attached hydrogens (tertiary/aromatic N) is 3. The zero-order valence-electron chi connectivity index (χ0n) is 16.9. The number of phenols is 1. The van der Waals surface area contributed by atoms with E-state index in [9.17, 15) is 24.8 Å². The van der Waals surface area contributed by atoms with E-state index in [1.807, 2.05) is 0 Å². The molecule has 0 saturated carbocycles. The summed E-state index contributed by atoms with van der Waals surface area (Å²) in [4.78, 5) is 44.3. The zero-order valence-corrected chi connectivity index (χ0v) is 17.6. The van der Waals surface area contributed by atoms with E-state index in [0.29, 0.717) is 16.4 Å². The van der Waals surface area contributed by atoms with Crippen molar-refractivity contribution in [3.63, 3.8) is 0 Å². The molecule has 2 heterocycles. The van der Waals surface area contributed by atoms with Crippen LogP contribution >= 0.6 is 11.6 Å². The van der Waals surface area contributed by atoms with Crippen LogP contribution < -0.4 is 9.96 Å². The van der Waals surface area contributed by atoms with Crippen molar-refractivity contribution >= 4 is 40.5 Å². The van der Waals surface area contributed by atoms with Crippen molar-refractivity contribution < 1.29 is 24.5 Å². The predicted molar refractivity (Wildman–Crippen MR) is 119 cm³/mol. The predicted octanol–water partition coefficient (Wildman–Crippen LogP) is 4.00. The number of hydrogen-bond acceptors (Lipinski definition) is 7. The maximum atomic E-state index is 13.5. The van der Waals surface area contributed by atoms with E-state index in [0.717, 1.165) is 11.0 Å². The maximum absolute atomic E-state index is 13.5. The molecule has 5 rings (SSSR count). The van der Waals surface area contributed by atoms with Crippen LogP contribution in [0.2, 0.25) is 5.02 Å². The van der Waals surface area contributed by atoms with Gasteiger partial charge < -0.3 is 5.11 Å². The molecule has 0 radical (unpaired) electrons. The van der Waals surface area contributed by atoms with Gasteiger partial charge >= 0.3 is 0 Å². The van der Waals surface area contributed by atoms with Gasteiger partial charge in [0.25, 0.3) is 11.6 Å². The summed E-state index contributed by atoms with van der Waals surface area (Å²) in [5, 5.41) is 23.6. The van der Waals surface area contributed by atoms with Gasteiger partial charge in [0.05, 0.1) is 28.4 Å². The molecule has 166 valence electrons. The fourth-order valence-electron chi connectivity index (χ4n) is 4.27. The summed E-state index contributed by atoms with van der Waals surface area (Å²) in [5.74, 6) is -2.41. The highest BCUT2D eigenvalue weighted by Gasteiger charge is 2.60. The minimum absolute atomic E-state index is 0.232. The van der Waals surface area contributed by atoms with Crippen LogP contribution in [0.25, 0.3) is 0 Å². The van der Waals surface area contributed by atoms with Gasteiger partial charge in [-0.3, -0.25) is 24.5 Å². The lowest BCUT2D eigenvalue weighted by atomic mass is 9.90. The highest BCUT2D eigenvalue weighted by molar-refractivity contribution is 6.31. The fourth-order valence-corrected chi connectivity index (χ4v) is 4.40. The molecule has 3 aromatic carbocycles. The lowest BCUT2D eigenvalue weighted by Gasteiger charge is -2.29. The number of para-hydroxylation sites is 1. The molecule has 2 aliphatic heterocycles. The number of imide groups is 1. The Bertz CT molecular complexity index is 1270. The van der Waals surface area contributed by atoms with Crippen LogP contribution in [0.1, 0.15) is 11.6 Å². The number of aromatic hydroxyl groups is 1. The summed E-state index contributed by atoms with van der Waals surface area (Å²) in [7, 11) is 0. The lowest BCUT2D eigenvalue weighted by Crippen LogP contribution is -2.37. The Morgan fingerprint density at radius 1 is 0.939 bits per heavy atom. The molecule has 2 amide bonds. The molecule has 2 fully saturated rings. The number of amides is 2. The number of phenolic OH excluding ortho intramolecular Hbond substituents is 1. The second-order valence-corrected chi connectivity index (χ2v) is 8.08. The average molecular weight is 466 g/mol. The summed E-state index contributed by atoms with van der Waals surface area (Å²) < 4.78 is 0. The Kier molecular flexibility index (Phi) is 4.99. The Hall–Kier alpha value is -3.95. The third-order valence-corrected chi connectivity index (χ3v) is 6.01. The number of halogens is 1. The topological polar surface area (TPSA) is 113 Å². The molecule has 2 saturated heterocycles. The number of anilines is 2. The van der Waals surface area contributed by atoms with E-state index in [1.165, 1.54) is 17.2 Å². The first-order chi connectivity index (χ1) is 15.9. The molecule has 1 N–H and O–H groups in total. The monoisotopic (exact) mass is 465 g/mol. The van der Waals surface area contributed by atoms with Crippen LogP contribution in [0.4, 0.5) is 17.1 Å². The minimum atomic E-state index is -1.13. The number of rotatable bonds is 4. The second kappa shape index (κ2) is 7.88. The van der Waals surface area contributed by atoms with Crippen LogP contribution in [-0.2, 0) is 14.4 Å². The van der Waals surface area contributed by atoms with Gasteiger partial charge in [-0.2, -0.15) is 0 Å². The van der Waals surface area contributed by atoms with E-state index < -0.39 is 34.8 Å². The number of hydroxylamine groups is 1. The Labute approximate surface area is 192 Å². The van der Waals surface area contributed by atoms with E-state index >= 15 is 0 Å². The molecular weight excluding hydrogens is 450 g/mol. The zero-order chi connectivity index (χ0) is 23.3. The summed E-state index contributed by atoms with van der Waals surface area (Å²) in [6.07, 6.45) is -1.13. The molecule has 10 heteroatoms. The van der Waals surface area contributed by atoms with Crippen LogP contribution in [0, 0.1) is 16.0 Å². The Morgan fingerprint density at radius 2 is 1.64 bits per heavy atom. The number of carbonyl (C=O) groups is 2. The van der Waals surface area contributed by atoms with Crippen LogP contribution in [-0.4, -0.2) is 27.9 Å². The van der Waals surface area contributed by atoms with Crippen molar-refractivity contribution in [2.24, 2.45) is 5.92 Å². The van der Waals surface area contributed by atoms with Crippen molar-refractivity contribution in [3.05, 3.63) is 93.5 Å². The minimum Gasteiger partial charge on any atom is -0.507 e. The number of nitro benzene ring substituents is 1. The normalized spacial score (nSPS) is 22.0. The highest BCUT2D eigenvalue weighted by atomic mass is 35.5. The van der Waals surface area contributed by atoms with Crippen LogP contribution in [0.5, 0.6) is 5.75 Å². The molecule has 0 bridgehead atoms. The lowest BCUT2D eigenvalue weighted by molar-refractivity contribution is -0.385. The number of non-ortho nitro benzene ring substituents is 1. The van der Waals surface area contributed by atoms with Gasteiger partial charge in [0.15, 0.2) is 6.10 Å². The summed E-state index contributed by atoms with van der Waals surface area (Å²) in [6.45, 7) is 0. The molecule has 9 nitrogen and oxygen atoms in total. The number of benzene rings is 3. The number of hydrogen-bond donors (Lipinski definition) is 1. The van der Waals surface area contributed by atoms with Crippen molar-refractivity contribution in [2.75, 3.05) is 9.96 Å². The van der Waals surface area contributed by atoms with Crippen molar-refractivity contribution in [1.29, 1.82) is 0 Å². The molecular formula is C23H16ClN3O6. The van der Waals surface area contributed by atoms with Crippen LogP contribution in [0.3, 0.4) is 0 Å². The van der Waals surface area contributed by atoms with E-state index in [1.54, 1.807) is 54.6 Å². The second-order valence-electron chi connectivity index (χ2n) is 7.65. The van der Waals surface area contributed by atoms with Gasteiger partial charge in [-0.15, -0.1) is 0 Å². The SMILES string of the molecule is O=C1C2ON(c3ccccc3)C(c3ccc([N+](=O)[O-])cc3O)C2C(=O)N1c1ccc(Cl)cc1. The Balaban J connectivity index is 1.61. The van der Waals surface area contributed by atoms with Crippen molar-refractivity contribution in [3.8, 4) is 5.75 Å². The van der Waals surface area contributed by atoms with Gasteiger partial charge in [0.1, 0.15) is 11.7 Å². The first-order valence-corrected chi connectivity index (χ1v) is 10.4. The molecule has 0 aliphatic carbocycles.